The number of unbranched alkanes of at least 4 members (excludes halogenated alkanes) is 35. The first kappa shape index (κ1) is 64.4. The van der Waals surface area contributed by atoms with Gasteiger partial charge in [0.15, 0.2) is 6.10 Å². The minimum Gasteiger partial charge on any atom is -0.462 e. The zero-order valence-corrected chi connectivity index (χ0v) is 45.5. The Labute approximate surface area is 412 Å². The van der Waals surface area contributed by atoms with Crippen molar-refractivity contribution >= 4 is 17.9 Å². The van der Waals surface area contributed by atoms with Crippen LogP contribution in [0.4, 0.5) is 0 Å². The molecule has 0 fully saturated rings. The Kier molecular flexibility index (Phi) is 50.0. The Balaban J connectivity index is 4.19. The van der Waals surface area contributed by atoms with Gasteiger partial charge in [-0.25, -0.2) is 0 Å². The molecule has 2 atom stereocenters. The summed E-state index contributed by atoms with van der Waals surface area (Å²) in [6.45, 7) is 13.8. The number of ether oxygens (including phenoxy) is 3. The van der Waals surface area contributed by atoms with Crippen molar-refractivity contribution in [2.75, 3.05) is 13.2 Å². The molecule has 6 heteroatoms. The summed E-state index contributed by atoms with van der Waals surface area (Å²) in [6, 6.07) is 0. The van der Waals surface area contributed by atoms with Gasteiger partial charge in [-0.15, -0.1) is 0 Å². The average Bonchev–Trinajstić information content (AvgIpc) is 3.29. The van der Waals surface area contributed by atoms with Gasteiger partial charge in [0, 0.05) is 19.3 Å². The third-order valence-electron chi connectivity index (χ3n) is 14.0. The van der Waals surface area contributed by atoms with Crippen LogP contribution < -0.4 is 0 Å². The summed E-state index contributed by atoms with van der Waals surface area (Å²) in [5.41, 5.74) is 0. The van der Waals surface area contributed by atoms with Crippen LogP contribution in [0.2, 0.25) is 0 Å². The van der Waals surface area contributed by atoms with Gasteiger partial charge in [-0.2, -0.15) is 0 Å². The van der Waals surface area contributed by atoms with Crippen molar-refractivity contribution in [1.82, 2.24) is 0 Å². The molecule has 0 aromatic rings. The normalized spacial score (nSPS) is 12.5. The van der Waals surface area contributed by atoms with Crippen molar-refractivity contribution in [3.8, 4) is 0 Å². The van der Waals surface area contributed by atoms with Gasteiger partial charge in [0.2, 0.25) is 0 Å². The highest BCUT2D eigenvalue weighted by Crippen LogP contribution is 2.19. The molecule has 6 nitrogen and oxygen atoms in total. The van der Waals surface area contributed by atoms with Crippen LogP contribution in [0.3, 0.4) is 0 Å². The smallest absolute Gasteiger partial charge is 0.306 e. The van der Waals surface area contributed by atoms with E-state index in [0.717, 1.165) is 75.5 Å². The largest absolute Gasteiger partial charge is 0.462 e. The fraction of sp³-hybridized carbons (Fsp3) is 0.950. The molecule has 0 saturated carbocycles. The number of carbonyl (C=O) groups excluding carboxylic acids is 3. The Morgan fingerprint density at radius 3 is 0.788 bits per heavy atom. The first-order valence-electron chi connectivity index (χ1n) is 29.6. The highest BCUT2D eigenvalue weighted by atomic mass is 16.6. The van der Waals surface area contributed by atoms with E-state index < -0.39 is 6.10 Å². The van der Waals surface area contributed by atoms with Crippen LogP contribution in [0, 0.1) is 17.8 Å². The van der Waals surface area contributed by atoms with Crippen LogP contribution in [0.15, 0.2) is 0 Å². The van der Waals surface area contributed by atoms with Gasteiger partial charge in [-0.1, -0.05) is 292 Å². The maximum Gasteiger partial charge on any atom is 0.306 e. The highest BCUT2D eigenvalue weighted by molar-refractivity contribution is 5.71. The van der Waals surface area contributed by atoms with Gasteiger partial charge in [-0.05, 0) is 37.0 Å². The molecule has 0 amide bonds. The van der Waals surface area contributed by atoms with Crippen molar-refractivity contribution in [3.63, 3.8) is 0 Å². The first-order chi connectivity index (χ1) is 32.1. The number of rotatable bonds is 53. The first-order valence-corrected chi connectivity index (χ1v) is 29.6. The lowest BCUT2D eigenvalue weighted by Crippen LogP contribution is -2.30. The molecule has 0 aliphatic heterocycles. The van der Waals surface area contributed by atoms with Gasteiger partial charge >= 0.3 is 17.9 Å². The Morgan fingerprint density at radius 2 is 0.530 bits per heavy atom. The van der Waals surface area contributed by atoms with Crippen LogP contribution in [0.25, 0.3) is 0 Å². The summed E-state index contributed by atoms with van der Waals surface area (Å²) in [7, 11) is 0. The van der Waals surface area contributed by atoms with Crippen molar-refractivity contribution in [3.05, 3.63) is 0 Å². The molecule has 66 heavy (non-hydrogen) atoms. The summed E-state index contributed by atoms with van der Waals surface area (Å²) in [6.07, 6.45) is 53.9. The lowest BCUT2D eigenvalue weighted by atomic mass is 10.00. The second-order valence-corrected chi connectivity index (χ2v) is 21.8. The van der Waals surface area contributed by atoms with Gasteiger partial charge in [0.1, 0.15) is 13.2 Å². The second kappa shape index (κ2) is 51.3. The maximum absolute atomic E-state index is 12.8. The zero-order valence-electron chi connectivity index (χ0n) is 45.5. The molecular weight excluding hydrogens is 817 g/mol. The molecule has 392 valence electrons. The number of hydrogen-bond donors (Lipinski definition) is 0. The van der Waals surface area contributed by atoms with E-state index in [4.69, 9.17) is 14.2 Å². The topological polar surface area (TPSA) is 78.9 Å². The quantitative estimate of drug-likeness (QED) is 0.0343. The van der Waals surface area contributed by atoms with Gasteiger partial charge in [-0.3, -0.25) is 14.4 Å². The van der Waals surface area contributed by atoms with Crippen LogP contribution in [-0.2, 0) is 28.6 Å². The fourth-order valence-electron chi connectivity index (χ4n) is 9.14. The predicted octanol–water partition coefficient (Wildman–Crippen LogP) is 19.5. The SMILES string of the molecule is CCC(C)CCCCCCCCC(=O)O[C@@H](COC(=O)CCCCCCCCCCCCCCCCCCCCC(C)C)COC(=O)CCCCCCCCCCCCCCCCC(C)C. The highest BCUT2D eigenvalue weighted by Gasteiger charge is 2.19. The Hall–Kier alpha value is -1.59. The Morgan fingerprint density at radius 1 is 0.303 bits per heavy atom. The standard InChI is InChI=1S/C60H116O6/c1-7-56(6)48-42-36-32-33-39-45-51-60(63)66-57(53-65-59(62)50-44-38-31-27-23-19-15-14-17-21-25-29-35-41-47-55(4)5)52-64-58(61)49-43-37-30-26-22-18-13-11-9-8-10-12-16-20-24-28-34-40-46-54(2)3/h54-57H,7-53H2,1-6H3/t56?,57-/m0/s1. The average molecular weight is 934 g/mol. The molecule has 0 bridgehead atoms. The van der Waals surface area contributed by atoms with E-state index in [1.165, 1.54) is 212 Å². The lowest BCUT2D eigenvalue weighted by molar-refractivity contribution is -0.167. The molecule has 0 saturated heterocycles. The third kappa shape index (κ3) is 51.8. The molecule has 0 aliphatic carbocycles. The monoisotopic (exact) mass is 933 g/mol. The van der Waals surface area contributed by atoms with Crippen molar-refractivity contribution < 1.29 is 28.6 Å². The molecule has 0 aromatic carbocycles. The van der Waals surface area contributed by atoms with E-state index in [1.54, 1.807) is 0 Å². The molecule has 0 heterocycles. The number of esters is 3. The van der Waals surface area contributed by atoms with Crippen LogP contribution in [0.5, 0.6) is 0 Å². The van der Waals surface area contributed by atoms with Crippen LogP contribution in [0.1, 0.15) is 330 Å². The van der Waals surface area contributed by atoms with Crippen LogP contribution in [-0.4, -0.2) is 37.2 Å². The summed E-state index contributed by atoms with van der Waals surface area (Å²) in [4.78, 5) is 38.1. The summed E-state index contributed by atoms with van der Waals surface area (Å²) >= 11 is 0. The molecular formula is C60H116O6. The molecule has 0 rings (SSSR count). The lowest BCUT2D eigenvalue weighted by Gasteiger charge is -2.18. The molecule has 0 N–H and O–H groups in total. The predicted molar refractivity (Wildman–Crippen MR) is 284 cm³/mol. The second-order valence-electron chi connectivity index (χ2n) is 21.8. The molecule has 0 aliphatic rings. The molecule has 0 spiro atoms. The van der Waals surface area contributed by atoms with Gasteiger partial charge < -0.3 is 14.2 Å². The zero-order chi connectivity index (χ0) is 48.4. The van der Waals surface area contributed by atoms with E-state index in [-0.39, 0.29) is 31.1 Å². The van der Waals surface area contributed by atoms with Crippen molar-refractivity contribution in [2.24, 2.45) is 17.8 Å². The van der Waals surface area contributed by atoms with Crippen LogP contribution >= 0.6 is 0 Å². The fourth-order valence-corrected chi connectivity index (χ4v) is 9.14. The summed E-state index contributed by atoms with van der Waals surface area (Å²) < 4.78 is 16.9. The third-order valence-corrected chi connectivity index (χ3v) is 14.0. The molecule has 0 aromatic heterocycles. The molecule has 1 unspecified atom stereocenters. The van der Waals surface area contributed by atoms with Crippen molar-refractivity contribution in [1.29, 1.82) is 0 Å². The minimum atomic E-state index is -0.764. The summed E-state index contributed by atoms with van der Waals surface area (Å²) in [5.74, 6) is 1.67. The van der Waals surface area contributed by atoms with E-state index in [2.05, 4.69) is 41.5 Å². The van der Waals surface area contributed by atoms with Gasteiger partial charge in [0.05, 0.1) is 0 Å². The number of hydrogen-bond acceptors (Lipinski definition) is 6. The summed E-state index contributed by atoms with van der Waals surface area (Å²) in [5, 5.41) is 0. The van der Waals surface area contributed by atoms with Crippen molar-refractivity contribution in [2.45, 2.75) is 337 Å². The minimum absolute atomic E-state index is 0.0643. The van der Waals surface area contributed by atoms with E-state index in [0.29, 0.717) is 19.3 Å². The Bertz CT molecular complexity index is 1020. The van der Waals surface area contributed by atoms with E-state index in [9.17, 15) is 14.4 Å². The molecule has 0 radical (unpaired) electrons. The number of carbonyl (C=O) groups is 3. The van der Waals surface area contributed by atoms with E-state index in [1.807, 2.05) is 0 Å². The van der Waals surface area contributed by atoms with Gasteiger partial charge in [0.25, 0.3) is 0 Å². The van der Waals surface area contributed by atoms with E-state index >= 15 is 0 Å². The maximum atomic E-state index is 12.8.